The van der Waals surface area contributed by atoms with Crippen LogP contribution in [0.1, 0.15) is 106 Å². The largest absolute Gasteiger partial charge is 0.396 e. The summed E-state index contributed by atoms with van der Waals surface area (Å²) in [6.45, 7) is 17.1. The van der Waals surface area contributed by atoms with Crippen LogP contribution >= 0.6 is 0 Å². The predicted molar refractivity (Wildman–Crippen MR) is 134 cm³/mol. The Morgan fingerprint density at radius 2 is 1.52 bits per heavy atom. The average molecular weight is 459 g/mol. The first kappa shape index (κ1) is 24.3. The highest BCUT2D eigenvalue weighted by Crippen LogP contribution is 2.75. The van der Waals surface area contributed by atoms with Gasteiger partial charge < -0.3 is 15.3 Å². The fraction of sp³-hybridized carbons (Fsp3) is 0.933. The smallest absolute Gasteiger partial charge is 0.0629 e. The Morgan fingerprint density at radius 1 is 0.818 bits per heavy atom. The lowest BCUT2D eigenvalue weighted by molar-refractivity contribution is -0.211. The van der Waals surface area contributed by atoms with E-state index in [9.17, 15) is 15.3 Å². The summed E-state index contributed by atoms with van der Waals surface area (Å²) in [5.41, 5.74) is 1.92. The number of aliphatic hydroxyl groups is 3. The van der Waals surface area contributed by atoms with E-state index in [2.05, 4.69) is 54.5 Å². The van der Waals surface area contributed by atoms with E-state index in [1.807, 2.05) is 0 Å². The van der Waals surface area contributed by atoms with Crippen molar-refractivity contribution in [1.82, 2.24) is 0 Å². The van der Waals surface area contributed by atoms with Crippen LogP contribution in [0.2, 0.25) is 0 Å². The molecule has 5 aliphatic rings. The second kappa shape index (κ2) is 7.10. The molecule has 0 spiro atoms. The number of aliphatic hydroxyl groups excluding tert-OH is 3. The molecule has 3 nitrogen and oxygen atoms in total. The molecule has 33 heavy (non-hydrogen) atoms. The van der Waals surface area contributed by atoms with Crippen LogP contribution in [0.25, 0.3) is 0 Å². The van der Waals surface area contributed by atoms with E-state index in [1.54, 1.807) is 5.57 Å². The summed E-state index contributed by atoms with van der Waals surface area (Å²) < 4.78 is 0. The predicted octanol–water partition coefficient (Wildman–Crippen LogP) is 6.11. The Bertz CT molecular complexity index is 843. The fourth-order valence-corrected chi connectivity index (χ4v) is 10.8. The van der Waals surface area contributed by atoms with Crippen molar-refractivity contribution < 1.29 is 15.3 Å². The van der Waals surface area contributed by atoms with Crippen molar-refractivity contribution in [3.63, 3.8) is 0 Å². The molecule has 0 saturated heterocycles. The molecule has 2 unspecified atom stereocenters. The summed E-state index contributed by atoms with van der Waals surface area (Å²) in [6.07, 6.45) is 11.5. The zero-order valence-electron chi connectivity index (χ0n) is 22.4. The maximum absolute atomic E-state index is 11.3. The maximum atomic E-state index is 11.3. The van der Waals surface area contributed by atoms with Gasteiger partial charge in [0.05, 0.1) is 18.8 Å². The van der Waals surface area contributed by atoms with Gasteiger partial charge in [0.1, 0.15) is 0 Å². The SMILES string of the molecule is CC1(C)C[C@H](O)[C@]2(CO)CC[C@]3(C)C(=CCC4[C@@]5(C)CC[C@H](O)C(C)(C)C5CC[C@]43C)[C@@H]2C1. The second-order valence-electron chi connectivity index (χ2n) is 15.2. The lowest BCUT2D eigenvalue weighted by Gasteiger charge is -2.71. The number of hydrogen-bond donors (Lipinski definition) is 3. The summed E-state index contributed by atoms with van der Waals surface area (Å²) in [5.74, 6) is 1.49. The highest BCUT2D eigenvalue weighted by molar-refractivity contribution is 5.34. The number of hydrogen-bond acceptors (Lipinski definition) is 3. The van der Waals surface area contributed by atoms with E-state index in [0.29, 0.717) is 11.8 Å². The minimum atomic E-state index is -0.416. The van der Waals surface area contributed by atoms with Gasteiger partial charge >= 0.3 is 0 Å². The third-order valence-corrected chi connectivity index (χ3v) is 13.1. The molecule has 0 heterocycles. The molecule has 188 valence electrons. The van der Waals surface area contributed by atoms with Crippen molar-refractivity contribution in [2.75, 3.05) is 6.61 Å². The molecule has 0 amide bonds. The third kappa shape index (κ3) is 2.91. The van der Waals surface area contributed by atoms with Crippen LogP contribution in [0.5, 0.6) is 0 Å². The van der Waals surface area contributed by atoms with Gasteiger partial charge in [-0.05, 0) is 103 Å². The van der Waals surface area contributed by atoms with Gasteiger partial charge in [-0.3, -0.25) is 0 Å². The molecule has 3 heteroatoms. The first-order valence-electron chi connectivity index (χ1n) is 13.9. The molecular weight excluding hydrogens is 408 g/mol. The van der Waals surface area contributed by atoms with Crippen molar-refractivity contribution in [2.45, 2.75) is 118 Å². The minimum Gasteiger partial charge on any atom is -0.396 e. The molecule has 4 saturated carbocycles. The molecule has 0 aromatic rings. The first-order chi connectivity index (χ1) is 15.2. The van der Waals surface area contributed by atoms with Crippen LogP contribution in [0.4, 0.5) is 0 Å². The van der Waals surface area contributed by atoms with E-state index in [4.69, 9.17) is 0 Å². The van der Waals surface area contributed by atoms with Crippen molar-refractivity contribution in [3.8, 4) is 0 Å². The molecule has 5 aliphatic carbocycles. The summed E-state index contributed by atoms with van der Waals surface area (Å²) in [5, 5.41) is 32.9. The van der Waals surface area contributed by atoms with Crippen LogP contribution in [0, 0.1) is 50.2 Å². The van der Waals surface area contributed by atoms with Crippen LogP contribution < -0.4 is 0 Å². The summed E-state index contributed by atoms with van der Waals surface area (Å²) in [7, 11) is 0. The van der Waals surface area contributed by atoms with Crippen LogP contribution in [-0.4, -0.2) is 34.1 Å². The molecular formula is C30H50O3. The molecule has 3 N–H and O–H groups in total. The normalized spacial score (nSPS) is 54.8. The molecule has 0 aromatic carbocycles. The van der Waals surface area contributed by atoms with Gasteiger partial charge in [-0.15, -0.1) is 0 Å². The Kier molecular flexibility index (Phi) is 5.23. The van der Waals surface area contributed by atoms with Gasteiger partial charge in [0.25, 0.3) is 0 Å². The second-order valence-corrected chi connectivity index (χ2v) is 15.2. The maximum Gasteiger partial charge on any atom is 0.0629 e. The summed E-state index contributed by atoms with van der Waals surface area (Å²) >= 11 is 0. The average Bonchev–Trinajstić information content (AvgIpc) is 2.71. The van der Waals surface area contributed by atoms with Crippen molar-refractivity contribution in [2.24, 2.45) is 50.2 Å². The Balaban J connectivity index is 1.59. The fourth-order valence-electron chi connectivity index (χ4n) is 10.8. The van der Waals surface area contributed by atoms with E-state index >= 15 is 0 Å². The molecule has 9 atom stereocenters. The van der Waals surface area contributed by atoms with Crippen molar-refractivity contribution in [3.05, 3.63) is 11.6 Å². The van der Waals surface area contributed by atoms with Crippen LogP contribution in [0.3, 0.4) is 0 Å². The van der Waals surface area contributed by atoms with Crippen molar-refractivity contribution in [1.29, 1.82) is 0 Å². The number of allylic oxidation sites excluding steroid dienone is 2. The van der Waals surface area contributed by atoms with Gasteiger partial charge in [0.15, 0.2) is 0 Å². The number of fused-ring (bicyclic) bond motifs is 7. The van der Waals surface area contributed by atoms with E-state index < -0.39 is 6.10 Å². The highest BCUT2D eigenvalue weighted by Gasteiger charge is 2.69. The van der Waals surface area contributed by atoms with E-state index in [1.165, 1.54) is 12.8 Å². The number of rotatable bonds is 1. The van der Waals surface area contributed by atoms with Gasteiger partial charge in [-0.25, -0.2) is 0 Å². The lowest BCUT2D eigenvalue weighted by atomic mass is 9.33. The Hall–Kier alpha value is -0.380. The van der Waals surface area contributed by atoms with Gasteiger partial charge in [-0.1, -0.05) is 60.1 Å². The van der Waals surface area contributed by atoms with Gasteiger partial charge in [0.2, 0.25) is 0 Å². The van der Waals surface area contributed by atoms with Crippen LogP contribution in [-0.2, 0) is 0 Å². The topological polar surface area (TPSA) is 60.7 Å². The Morgan fingerprint density at radius 3 is 2.18 bits per heavy atom. The van der Waals surface area contributed by atoms with E-state index in [0.717, 1.165) is 44.9 Å². The molecule has 0 aromatic heterocycles. The molecule has 0 radical (unpaired) electrons. The zero-order valence-corrected chi connectivity index (χ0v) is 22.4. The third-order valence-electron chi connectivity index (χ3n) is 13.1. The molecule has 0 bridgehead atoms. The quantitative estimate of drug-likeness (QED) is 0.415. The summed E-state index contributed by atoms with van der Waals surface area (Å²) in [4.78, 5) is 0. The van der Waals surface area contributed by atoms with Crippen LogP contribution in [0.15, 0.2) is 11.6 Å². The van der Waals surface area contributed by atoms with Gasteiger partial charge in [0, 0.05) is 5.41 Å². The lowest BCUT2D eigenvalue weighted by Crippen LogP contribution is -2.66. The first-order valence-corrected chi connectivity index (χ1v) is 13.9. The monoisotopic (exact) mass is 458 g/mol. The minimum absolute atomic E-state index is 0.0185. The molecule has 5 rings (SSSR count). The van der Waals surface area contributed by atoms with Gasteiger partial charge in [-0.2, -0.15) is 0 Å². The Labute approximate surface area is 202 Å². The van der Waals surface area contributed by atoms with Crippen molar-refractivity contribution >= 4 is 0 Å². The molecule has 4 fully saturated rings. The molecule has 0 aliphatic heterocycles. The summed E-state index contributed by atoms with van der Waals surface area (Å²) in [6, 6.07) is 0. The standard InChI is InChI=1S/C30H50O3/c1-25(2)16-20-19-8-9-22-27(5)12-11-23(32)26(3,4)21(27)10-13-29(22,7)28(19,6)14-15-30(20,18-31)24(33)17-25/h8,20-24,31-33H,9-18H2,1-7H3/t20-,21?,22?,23-,24-,27-,28+,29+,30-/m0/s1. The zero-order chi connectivity index (χ0) is 24.2. The van der Waals surface area contributed by atoms with E-state index in [-0.39, 0.29) is 51.1 Å². The highest BCUT2D eigenvalue weighted by atomic mass is 16.3.